The van der Waals surface area contributed by atoms with Gasteiger partial charge in [0.25, 0.3) is 0 Å². The summed E-state index contributed by atoms with van der Waals surface area (Å²) in [5.74, 6) is 0. The van der Waals surface area contributed by atoms with Crippen molar-refractivity contribution in [3.63, 3.8) is 0 Å². The van der Waals surface area contributed by atoms with E-state index in [-0.39, 0.29) is 0 Å². The van der Waals surface area contributed by atoms with Gasteiger partial charge in [-0.2, -0.15) is 0 Å². The lowest BCUT2D eigenvalue weighted by Crippen LogP contribution is -2.63. The molecular weight excluding hydrogens is 677 g/mol. The van der Waals surface area contributed by atoms with Crippen LogP contribution >= 0.6 is 0 Å². The molecule has 0 saturated carbocycles. The Morgan fingerprint density at radius 1 is 0.436 bits per heavy atom. The van der Waals surface area contributed by atoms with E-state index in [1.165, 1.54) is 105 Å². The third kappa shape index (κ3) is 5.02. The Balaban J connectivity index is 1.27. The zero-order valence-corrected chi connectivity index (χ0v) is 33.9. The van der Waals surface area contributed by atoms with E-state index in [0.717, 1.165) is 16.6 Å². The highest BCUT2D eigenvalue weighted by Gasteiger charge is 2.55. The van der Waals surface area contributed by atoms with Crippen LogP contribution < -0.4 is 5.19 Å². The van der Waals surface area contributed by atoms with Crippen LogP contribution in [-0.4, -0.2) is 8.07 Å². The fourth-order valence-electron chi connectivity index (χ4n) is 11.3. The van der Waals surface area contributed by atoms with E-state index in [1.54, 1.807) is 5.19 Å². The van der Waals surface area contributed by atoms with Crippen LogP contribution in [0.3, 0.4) is 0 Å². The Bertz CT molecular complexity index is 2980. The van der Waals surface area contributed by atoms with E-state index < -0.39 is 8.07 Å². The molecule has 268 valence electrons. The molecule has 0 bridgehead atoms. The van der Waals surface area contributed by atoms with Gasteiger partial charge in [-0.25, -0.2) is 0 Å². The largest absolute Gasteiger partial charge is 0.0948 e. The molecule has 1 aliphatic heterocycles. The Hall–Kier alpha value is -5.50. The first-order valence-electron chi connectivity index (χ1n) is 20.3. The molecule has 1 heterocycles. The van der Waals surface area contributed by atoms with E-state index in [4.69, 9.17) is 0 Å². The zero-order chi connectivity index (χ0) is 37.6. The van der Waals surface area contributed by atoms with Crippen molar-refractivity contribution in [1.82, 2.24) is 0 Å². The van der Waals surface area contributed by atoms with Crippen LogP contribution in [-0.2, 0) is 0 Å². The Morgan fingerprint density at radius 2 is 0.909 bits per heavy atom. The quantitative estimate of drug-likeness (QED) is 0.122. The van der Waals surface area contributed by atoms with E-state index in [2.05, 4.69) is 193 Å². The predicted octanol–water partition coefficient (Wildman–Crippen LogP) is 15.3. The minimum Gasteiger partial charge on any atom is -0.0648 e. The minimum atomic E-state index is -1.61. The number of hydrogen-bond donors (Lipinski definition) is 0. The van der Waals surface area contributed by atoms with Crippen LogP contribution in [0.2, 0.25) is 16.6 Å². The summed E-state index contributed by atoms with van der Waals surface area (Å²) in [7, 11) is -1.61. The molecule has 10 rings (SSSR count). The molecule has 0 spiro atoms. The van der Waals surface area contributed by atoms with E-state index in [9.17, 15) is 0 Å². The first-order valence-corrected chi connectivity index (χ1v) is 22.5. The molecular formula is C54H48Si. The van der Waals surface area contributed by atoms with Gasteiger partial charge < -0.3 is 0 Å². The van der Waals surface area contributed by atoms with Gasteiger partial charge in [-0.3, -0.25) is 0 Å². The third-order valence-electron chi connectivity index (χ3n) is 13.8. The van der Waals surface area contributed by atoms with Crippen LogP contribution in [0.25, 0.3) is 87.2 Å². The first-order chi connectivity index (χ1) is 26.8. The zero-order valence-electron chi connectivity index (χ0n) is 32.9. The minimum absolute atomic E-state index is 0.735. The first kappa shape index (κ1) is 34.0. The predicted molar refractivity (Wildman–Crippen MR) is 244 cm³/mol. The molecule has 0 aromatic heterocycles. The Labute approximate surface area is 326 Å². The lowest BCUT2D eigenvalue weighted by atomic mass is 9.82. The Kier molecular flexibility index (Phi) is 7.91. The van der Waals surface area contributed by atoms with Crippen LogP contribution in [0.15, 0.2) is 152 Å². The molecule has 1 saturated heterocycles. The number of benzene rings is 9. The molecule has 9 aromatic carbocycles. The summed E-state index contributed by atoms with van der Waals surface area (Å²) in [6, 6.07) is 58.2. The fourth-order valence-corrected chi connectivity index (χ4v) is 18.1. The molecule has 2 atom stereocenters. The summed E-state index contributed by atoms with van der Waals surface area (Å²) in [4.78, 5) is 0. The summed E-state index contributed by atoms with van der Waals surface area (Å²) in [6.07, 6.45) is 1.37. The van der Waals surface area contributed by atoms with Crippen LogP contribution in [0.5, 0.6) is 0 Å². The summed E-state index contributed by atoms with van der Waals surface area (Å²) in [6.45, 7) is 14.5. The number of aryl methyl sites for hydroxylation is 2. The van der Waals surface area contributed by atoms with Crippen molar-refractivity contribution in [1.29, 1.82) is 0 Å². The summed E-state index contributed by atoms with van der Waals surface area (Å²) in [5, 5.41) is 14.7. The van der Waals surface area contributed by atoms with Gasteiger partial charge in [0.2, 0.25) is 0 Å². The average molecular weight is 725 g/mol. The van der Waals surface area contributed by atoms with Crippen LogP contribution in [0.1, 0.15) is 45.2 Å². The molecule has 0 nitrogen and oxygen atoms in total. The molecule has 0 amide bonds. The SMILES string of the molecule is Cc1ccc(-c2c3ccccc3c(-c3ccc(C)c4ccccc34)c3cc(-c4ccc5ccc([Si]6(C(C)C)C(C)CC6C)cc5c4)ccc23)c2ccccc12. The third-order valence-corrected chi connectivity index (χ3v) is 20.8. The highest BCUT2D eigenvalue weighted by atomic mass is 28.3. The maximum atomic E-state index is 2.58. The molecule has 2 unspecified atom stereocenters. The monoisotopic (exact) mass is 724 g/mol. The van der Waals surface area contributed by atoms with Crippen LogP contribution in [0.4, 0.5) is 0 Å². The fraction of sp³-hybridized carbons (Fsp3) is 0.185. The van der Waals surface area contributed by atoms with Crippen molar-refractivity contribution >= 4 is 67.1 Å². The molecule has 9 aromatic rings. The Morgan fingerprint density at radius 3 is 1.47 bits per heavy atom. The molecule has 0 aliphatic carbocycles. The van der Waals surface area contributed by atoms with Gasteiger partial charge in [-0.1, -0.05) is 179 Å². The normalized spacial score (nSPS) is 18.5. The molecule has 1 fully saturated rings. The van der Waals surface area contributed by atoms with Crippen molar-refractivity contribution in [3.8, 4) is 33.4 Å². The van der Waals surface area contributed by atoms with Gasteiger partial charge in [0, 0.05) is 0 Å². The maximum Gasteiger partial charge on any atom is 0.0948 e. The van der Waals surface area contributed by atoms with Crippen molar-refractivity contribution in [3.05, 3.63) is 163 Å². The van der Waals surface area contributed by atoms with Gasteiger partial charge in [0.1, 0.15) is 0 Å². The van der Waals surface area contributed by atoms with Gasteiger partial charge >= 0.3 is 0 Å². The standard InChI is InChI=1S/C54H48Si/c1-33(2)55(36(5)29-37(55)6)42-25-23-38-21-22-39(30-41(38)31-42)40-24-28-51-52(32-40)54(50-27-20-35(4)44-14-8-10-16-46(44)50)48-18-12-11-17-47(48)53(51)49-26-19-34(3)43-13-7-9-15-45(43)49/h7-28,30-33,36-37H,29H2,1-6H3. The molecule has 55 heavy (non-hydrogen) atoms. The summed E-state index contributed by atoms with van der Waals surface area (Å²) < 4.78 is 0. The highest BCUT2D eigenvalue weighted by molar-refractivity contribution is 6.97. The summed E-state index contributed by atoms with van der Waals surface area (Å²) >= 11 is 0. The number of fused-ring (bicyclic) bond motifs is 5. The molecule has 0 radical (unpaired) electrons. The van der Waals surface area contributed by atoms with Crippen molar-refractivity contribution in [2.24, 2.45) is 0 Å². The average Bonchev–Trinajstić information content (AvgIpc) is 3.20. The highest BCUT2D eigenvalue weighted by Crippen LogP contribution is 2.56. The van der Waals surface area contributed by atoms with Crippen LogP contribution in [0, 0.1) is 13.8 Å². The molecule has 1 aliphatic rings. The smallest absolute Gasteiger partial charge is 0.0648 e. The lowest BCUT2D eigenvalue weighted by Gasteiger charge is -2.55. The number of rotatable bonds is 5. The van der Waals surface area contributed by atoms with Gasteiger partial charge in [0.05, 0.1) is 8.07 Å². The van der Waals surface area contributed by atoms with Gasteiger partial charge in [-0.05, 0) is 141 Å². The second-order valence-corrected chi connectivity index (χ2v) is 22.5. The maximum absolute atomic E-state index is 2.58. The second kappa shape index (κ2) is 12.8. The van der Waals surface area contributed by atoms with Crippen molar-refractivity contribution in [2.75, 3.05) is 0 Å². The van der Waals surface area contributed by atoms with E-state index in [1.807, 2.05) is 0 Å². The molecule has 1 heteroatoms. The lowest BCUT2D eigenvalue weighted by molar-refractivity contribution is 0.600. The van der Waals surface area contributed by atoms with Gasteiger partial charge in [0.15, 0.2) is 0 Å². The van der Waals surface area contributed by atoms with Crippen molar-refractivity contribution in [2.45, 2.75) is 64.6 Å². The summed E-state index contributed by atoms with van der Waals surface area (Å²) in [5.41, 5.74) is 12.7. The van der Waals surface area contributed by atoms with Crippen molar-refractivity contribution < 1.29 is 0 Å². The second-order valence-electron chi connectivity index (χ2n) is 16.9. The van der Waals surface area contributed by atoms with E-state index >= 15 is 0 Å². The number of hydrogen-bond acceptors (Lipinski definition) is 0. The van der Waals surface area contributed by atoms with E-state index in [0.29, 0.717) is 0 Å². The molecule has 0 N–H and O–H groups in total. The van der Waals surface area contributed by atoms with Gasteiger partial charge in [-0.15, -0.1) is 0 Å². The topological polar surface area (TPSA) is 0 Å².